The van der Waals surface area contributed by atoms with Gasteiger partial charge in [-0.15, -0.1) is 0 Å². The first-order chi connectivity index (χ1) is 10.8. The second-order valence-corrected chi connectivity index (χ2v) is 7.48. The number of hydrogen-bond acceptors (Lipinski definition) is 3. The van der Waals surface area contributed by atoms with Crippen LogP contribution in [0.25, 0.3) is 0 Å². The maximum atomic E-state index is 9.10. The fraction of sp³-hybridized carbons (Fsp3) is 0.632. The lowest BCUT2D eigenvalue weighted by atomic mass is 9.69. The molecule has 3 aliphatic rings. The Bertz CT molecular complexity index is 577. The molecule has 116 valence electrons. The molecule has 2 fully saturated rings. The lowest BCUT2D eigenvalue weighted by Crippen LogP contribution is -2.52. The lowest BCUT2D eigenvalue weighted by molar-refractivity contribution is 0.102. The third kappa shape index (κ3) is 2.66. The van der Waals surface area contributed by atoms with Crippen LogP contribution in [0.2, 0.25) is 0 Å². The summed E-state index contributed by atoms with van der Waals surface area (Å²) in [6.45, 7) is 6.34. The molecule has 0 aromatic heterocycles. The molecule has 0 bridgehead atoms. The van der Waals surface area contributed by atoms with Gasteiger partial charge in [-0.3, -0.25) is 4.90 Å². The predicted molar refractivity (Wildman–Crippen MR) is 87.4 cm³/mol. The van der Waals surface area contributed by atoms with Crippen LogP contribution in [0.5, 0.6) is 0 Å². The first-order valence-corrected chi connectivity index (χ1v) is 8.69. The van der Waals surface area contributed by atoms with Crippen molar-refractivity contribution in [3.05, 3.63) is 35.4 Å². The molecule has 3 heteroatoms. The third-order valence-corrected chi connectivity index (χ3v) is 5.83. The van der Waals surface area contributed by atoms with E-state index in [0.29, 0.717) is 6.54 Å². The summed E-state index contributed by atoms with van der Waals surface area (Å²) >= 11 is 0. The molecule has 4 rings (SSSR count). The van der Waals surface area contributed by atoms with Gasteiger partial charge >= 0.3 is 0 Å². The summed E-state index contributed by atoms with van der Waals surface area (Å²) in [5.74, 6) is 0.989. The molecule has 2 aliphatic heterocycles. The Labute approximate surface area is 133 Å². The van der Waals surface area contributed by atoms with Crippen LogP contribution >= 0.6 is 0 Å². The standard InChI is InChI=1S/C19H25N3/c20-9-12-22-14-17-3-1-2-4-18(17)19(15-22)7-10-21(11-8-19)13-16-5-6-16/h1-4,16H,5-8,10-15H2. The highest BCUT2D eigenvalue weighted by molar-refractivity contribution is 5.38. The van der Waals surface area contributed by atoms with Crippen LogP contribution in [0.4, 0.5) is 0 Å². The summed E-state index contributed by atoms with van der Waals surface area (Å²) < 4.78 is 0. The van der Waals surface area contributed by atoms with Crippen molar-refractivity contribution in [1.29, 1.82) is 5.26 Å². The topological polar surface area (TPSA) is 30.3 Å². The largest absolute Gasteiger partial charge is 0.303 e. The van der Waals surface area contributed by atoms with Gasteiger partial charge in [0.1, 0.15) is 0 Å². The Balaban J connectivity index is 1.55. The number of benzene rings is 1. The molecule has 1 aliphatic carbocycles. The van der Waals surface area contributed by atoms with Gasteiger partial charge in [-0.1, -0.05) is 24.3 Å². The smallest absolute Gasteiger partial charge is 0.0869 e. The highest BCUT2D eigenvalue weighted by atomic mass is 15.2. The van der Waals surface area contributed by atoms with E-state index in [1.165, 1.54) is 50.9 Å². The molecule has 0 atom stereocenters. The lowest BCUT2D eigenvalue weighted by Gasteiger charge is -2.48. The Morgan fingerprint density at radius 2 is 1.91 bits per heavy atom. The maximum absolute atomic E-state index is 9.10. The average Bonchev–Trinajstić information content (AvgIpc) is 3.34. The van der Waals surface area contributed by atoms with Gasteiger partial charge < -0.3 is 4.90 Å². The fourth-order valence-electron chi connectivity index (χ4n) is 4.45. The SMILES string of the molecule is N#CCN1Cc2ccccc2C2(CCN(CC3CC3)CC2)C1. The van der Waals surface area contributed by atoms with Gasteiger partial charge in [0.25, 0.3) is 0 Å². The van der Waals surface area contributed by atoms with Gasteiger partial charge in [0.2, 0.25) is 0 Å². The second-order valence-electron chi connectivity index (χ2n) is 7.48. The molecule has 1 saturated carbocycles. The van der Waals surface area contributed by atoms with E-state index in [0.717, 1.165) is 19.0 Å². The minimum atomic E-state index is 0.283. The number of rotatable bonds is 3. The Morgan fingerprint density at radius 1 is 1.14 bits per heavy atom. The van der Waals surface area contributed by atoms with E-state index in [1.807, 2.05) is 0 Å². The summed E-state index contributed by atoms with van der Waals surface area (Å²) in [6.07, 6.45) is 5.39. The summed E-state index contributed by atoms with van der Waals surface area (Å²) in [7, 11) is 0. The van der Waals surface area contributed by atoms with Gasteiger partial charge in [-0.25, -0.2) is 0 Å². The maximum Gasteiger partial charge on any atom is 0.0869 e. The molecule has 22 heavy (non-hydrogen) atoms. The normalized spacial score (nSPS) is 24.9. The summed E-state index contributed by atoms with van der Waals surface area (Å²) in [5, 5.41) is 9.10. The molecule has 1 aromatic carbocycles. The Kier molecular flexibility index (Phi) is 3.68. The van der Waals surface area contributed by atoms with Crippen molar-refractivity contribution < 1.29 is 0 Å². The van der Waals surface area contributed by atoms with E-state index in [2.05, 4.69) is 40.1 Å². The second kappa shape index (κ2) is 5.68. The van der Waals surface area contributed by atoms with Crippen molar-refractivity contribution in [3.8, 4) is 6.07 Å². The monoisotopic (exact) mass is 295 g/mol. The number of likely N-dealkylation sites (tertiary alicyclic amines) is 1. The van der Waals surface area contributed by atoms with Crippen LogP contribution in [0.3, 0.4) is 0 Å². The van der Waals surface area contributed by atoms with E-state index in [4.69, 9.17) is 5.26 Å². The van der Waals surface area contributed by atoms with E-state index in [-0.39, 0.29) is 5.41 Å². The molecule has 0 radical (unpaired) electrons. The molecule has 0 amide bonds. The molecule has 1 spiro atoms. The van der Waals surface area contributed by atoms with E-state index in [1.54, 1.807) is 5.56 Å². The van der Waals surface area contributed by atoms with Crippen molar-refractivity contribution in [2.24, 2.45) is 5.92 Å². The summed E-state index contributed by atoms with van der Waals surface area (Å²) in [5.41, 5.74) is 3.29. The molecule has 0 N–H and O–H groups in total. The van der Waals surface area contributed by atoms with E-state index >= 15 is 0 Å². The summed E-state index contributed by atoms with van der Waals surface area (Å²) in [6, 6.07) is 11.3. The van der Waals surface area contributed by atoms with Crippen LogP contribution in [0, 0.1) is 17.2 Å². The Hall–Kier alpha value is -1.37. The first kappa shape index (κ1) is 14.2. The molecule has 3 nitrogen and oxygen atoms in total. The Morgan fingerprint density at radius 3 is 2.64 bits per heavy atom. The van der Waals surface area contributed by atoms with Gasteiger partial charge in [-0.05, 0) is 55.8 Å². The number of piperidine rings is 1. The fourth-order valence-corrected chi connectivity index (χ4v) is 4.45. The van der Waals surface area contributed by atoms with Crippen LogP contribution in [-0.2, 0) is 12.0 Å². The molecule has 1 saturated heterocycles. The van der Waals surface area contributed by atoms with E-state index in [9.17, 15) is 0 Å². The van der Waals surface area contributed by atoms with Crippen LogP contribution in [-0.4, -0.2) is 42.5 Å². The minimum absolute atomic E-state index is 0.283. The quantitative estimate of drug-likeness (QED) is 0.803. The number of hydrogen-bond donors (Lipinski definition) is 0. The highest BCUT2D eigenvalue weighted by Gasteiger charge is 2.42. The highest BCUT2D eigenvalue weighted by Crippen LogP contribution is 2.42. The molecular weight excluding hydrogens is 270 g/mol. The van der Waals surface area contributed by atoms with Gasteiger partial charge in [-0.2, -0.15) is 5.26 Å². The van der Waals surface area contributed by atoms with Gasteiger partial charge in [0, 0.05) is 25.0 Å². The zero-order valence-corrected chi connectivity index (χ0v) is 13.3. The van der Waals surface area contributed by atoms with Gasteiger partial charge in [0.15, 0.2) is 0 Å². The van der Waals surface area contributed by atoms with Crippen molar-refractivity contribution >= 4 is 0 Å². The van der Waals surface area contributed by atoms with Crippen LogP contribution in [0.15, 0.2) is 24.3 Å². The average molecular weight is 295 g/mol. The first-order valence-electron chi connectivity index (χ1n) is 8.69. The molecule has 2 heterocycles. The van der Waals surface area contributed by atoms with Crippen LogP contribution < -0.4 is 0 Å². The van der Waals surface area contributed by atoms with Crippen molar-refractivity contribution in [2.45, 2.75) is 37.6 Å². The van der Waals surface area contributed by atoms with Crippen molar-refractivity contribution in [1.82, 2.24) is 9.80 Å². The van der Waals surface area contributed by atoms with E-state index < -0.39 is 0 Å². The molecular formula is C19H25N3. The third-order valence-electron chi connectivity index (χ3n) is 5.83. The number of fused-ring (bicyclic) bond motifs is 2. The number of nitrogens with zero attached hydrogens (tertiary/aromatic N) is 3. The summed E-state index contributed by atoms with van der Waals surface area (Å²) in [4.78, 5) is 5.02. The predicted octanol–water partition coefficient (Wildman–Crippen LogP) is 2.77. The number of nitriles is 1. The van der Waals surface area contributed by atoms with Crippen LogP contribution in [0.1, 0.15) is 36.8 Å². The van der Waals surface area contributed by atoms with Crippen molar-refractivity contribution in [2.75, 3.05) is 32.7 Å². The minimum Gasteiger partial charge on any atom is -0.303 e. The zero-order chi connectivity index (χ0) is 15.0. The van der Waals surface area contributed by atoms with Gasteiger partial charge in [0.05, 0.1) is 12.6 Å². The molecule has 1 aromatic rings. The molecule has 0 unspecified atom stereocenters. The zero-order valence-electron chi connectivity index (χ0n) is 13.3. The van der Waals surface area contributed by atoms with Crippen molar-refractivity contribution in [3.63, 3.8) is 0 Å².